The Morgan fingerprint density at radius 1 is 1.04 bits per heavy atom. The Labute approximate surface area is 164 Å². The number of benzene rings is 1. The van der Waals surface area contributed by atoms with E-state index < -0.39 is 0 Å². The summed E-state index contributed by atoms with van der Waals surface area (Å²) in [4.78, 5) is 20.3. The Bertz CT molecular complexity index is 638. The molecule has 4 rings (SSSR count). The Hall–Kier alpha value is -1.55. The van der Waals surface area contributed by atoms with Crippen molar-refractivity contribution in [2.45, 2.75) is 63.5 Å². The van der Waals surface area contributed by atoms with Crippen molar-refractivity contribution >= 4 is 6.03 Å². The molecule has 0 unspecified atom stereocenters. The van der Waals surface area contributed by atoms with Crippen LogP contribution in [-0.4, -0.2) is 60.5 Å². The lowest BCUT2D eigenvalue weighted by atomic mass is 9.78. The Balaban J connectivity index is 1.53. The number of carbonyl (C=O) groups is 1. The van der Waals surface area contributed by atoms with Crippen LogP contribution in [0.3, 0.4) is 0 Å². The standard InChI is InChI=1S/C23H35N3O/c1-24(2)20-11-16-26(21(17-20)19-9-4-3-5-10-19)22(27)25-15-8-14-23(18-25)12-6-7-13-23/h3-5,9-10,20-21H,6-8,11-18H2,1-2H3/t20-,21+/m1/s1. The molecule has 4 nitrogen and oxygen atoms in total. The summed E-state index contributed by atoms with van der Waals surface area (Å²) in [5.41, 5.74) is 1.71. The van der Waals surface area contributed by atoms with Gasteiger partial charge < -0.3 is 14.7 Å². The predicted octanol–water partition coefficient (Wildman–Crippen LogP) is 4.53. The van der Waals surface area contributed by atoms with Crippen LogP contribution in [0.4, 0.5) is 4.79 Å². The fourth-order valence-corrected chi connectivity index (χ4v) is 5.72. The minimum absolute atomic E-state index is 0.196. The molecule has 4 heteroatoms. The lowest BCUT2D eigenvalue weighted by Crippen LogP contribution is -2.54. The molecule has 1 spiro atoms. The summed E-state index contributed by atoms with van der Waals surface area (Å²) >= 11 is 0. The lowest BCUT2D eigenvalue weighted by molar-refractivity contribution is 0.0552. The normalized spacial score (nSPS) is 28.1. The van der Waals surface area contributed by atoms with Gasteiger partial charge in [0.1, 0.15) is 0 Å². The number of likely N-dealkylation sites (tertiary alicyclic amines) is 2. The second-order valence-corrected chi connectivity index (χ2v) is 9.28. The van der Waals surface area contributed by atoms with Gasteiger partial charge in [-0.2, -0.15) is 0 Å². The number of rotatable bonds is 2. The number of nitrogens with zero attached hydrogens (tertiary/aromatic N) is 3. The van der Waals surface area contributed by atoms with Crippen LogP contribution >= 0.6 is 0 Å². The molecule has 1 saturated carbocycles. The van der Waals surface area contributed by atoms with Gasteiger partial charge in [0, 0.05) is 25.7 Å². The molecule has 1 aliphatic carbocycles. The number of hydrogen-bond acceptors (Lipinski definition) is 2. The van der Waals surface area contributed by atoms with E-state index in [2.05, 4.69) is 59.1 Å². The number of piperidine rings is 2. The van der Waals surface area contributed by atoms with E-state index in [1.807, 2.05) is 0 Å². The molecule has 2 aliphatic heterocycles. The molecule has 3 aliphatic rings. The smallest absolute Gasteiger partial charge is 0.320 e. The first kappa shape index (κ1) is 18.8. The third kappa shape index (κ3) is 3.87. The minimum atomic E-state index is 0.196. The summed E-state index contributed by atoms with van der Waals surface area (Å²) in [5, 5.41) is 0. The van der Waals surface area contributed by atoms with E-state index >= 15 is 0 Å². The van der Waals surface area contributed by atoms with Crippen molar-refractivity contribution in [3.63, 3.8) is 0 Å². The molecule has 3 fully saturated rings. The number of hydrogen-bond donors (Lipinski definition) is 0. The van der Waals surface area contributed by atoms with E-state index in [4.69, 9.17) is 0 Å². The largest absolute Gasteiger partial charge is 0.324 e. The molecule has 2 heterocycles. The van der Waals surface area contributed by atoms with Crippen LogP contribution in [0, 0.1) is 5.41 Å². The van der Waals surface area contributed by atoms with E-state index in [9.17, 15) is 4.79 Å². The maximum Gasteiger partial charge on any atom is 0.320 e. The molecular weight excluding hydrogens is 334 g/mol. The van der Waals surface area contributed by atoms with Gasteiger partial charge in [-0.25, -0.2) is 4.79 Å². The van der Waals surface area contributed by atoms with Crippen LogP contribution in [0.2, 0.25) is 0 Å². The second-order valence-electron chi connectivity index (χ2n) is 9.28. The van der Waals surface area contributed by atoms with Crippen molar-refractivity contribution in [2.75, 3.05) is 33.7 Å². The van der Waals surface area contributed by atoms with Gasteiger partial charge in [0.2, 0.25) is 0 Å². The molecule has 1 aromatic carbocycles. The first-order chi connectivity index (χ1) is 13.1. The molecule has 0 N–H and O–H groups in total. The fraction of sp³-hybridized carbons (Fsp3) is 0.696. The van der Waals surface area contributed by atoms with Crippen molar-refractivity contribution in [1.29, 1.82) is 0 Å². The zero-order valence-electron chi connectivity index (χ0n) is 17.1. The molecule has 2 amide bonds. The SMILES string of the molecule is CN(C)[C@@H]1CCN(C(=O)N2CCCC3(CCCC3)C2)[C@H](c2ccccc2)C1. The molecule has 0 aromatic heterocycles. The summed E-state index contributed by atoms with van der Waals surface area (Å²) in [6.07, 6.45) is 9.94. The Morgan fingerprint density at radius 2 is 1.74 bits per heavy atom. The molecule has 2 atom stereocenters. The Morgan fingerprint density at radius 3 is 2.44 bits per heavy atom. The van der Waals surface area contributed by atoms with Gasteiger partial charge in [-0.3, -0.25) is 0 Å². The van der Waals surface area contributed by atoms with Gasteiger partial charge in [0.25, 0.3) is 0 Å². The van der Waals surface area contributed by atoms with Crippen molar-refractivity contribution in [1.82, 2.24) is 14.7 Å². The highest BCUT2D eigenvalue weighted by Crippen LogP contribution is 2.45. The first-order valence-corrected chi connectivity index (χ1v) is 10.8. The molecule has 148 valence electrons. The van der Waals surface area contributed by atoms with Crippen LogP contribution < -0.4 is 0 Å². The monoisotopic (exact) mass is 369 g/mol. The van der Waals surface area contributed by atoms with E-state index in [0.717, 1.165) is 32.5 Å². The average molecular weight is 370 g/mol. The number of amides is 2. The summed E-state index contributed by atoms with van der Waals surface area (Å²) in [6.45, 7) is 2.79. The van der Waals surface area contributed by atoms with Crippen molar-refractivity contribution < 1.29 is 4.79 Å². The van der Waals surface area contributed by atoms with Crippen LogP contribution in [0.5, 0.6) is 0 Å². The average Bonchev–Trinajstić information content (AvgIpc) is 3.15. The molecular formula is C23H35N3O. The van der Waals surface area contributed by atoms with E-state index in [1.165, 1.54) is 44.1 Å². The second kappa shape index (κ2) is 7.83. The summed E-state index contributed by atoms with van der Waals surface area (Å²) in [5.74, 6) is 0. The maximum atomic E-state index is 13.6. The molecule has 27 heavy (non-hydrogen) atoms. The van der Waals surface area contributed by atoms with Crippen LogP contribution in [0.1, 0.15) is 63.0 Å². The van der Waals surface area contributed by atoms with Gasteiger partial charge in [0.05, 0.1) is 6.04 Å². The topological polar surface area (TPSA) is 26.8 Å². The zero-order chi connectivity index (χ0) is 18.9. The Kier molecular flexibility index (Phi) is 5.45. The third-order valence-electron chi connectivity index (χ3n) is 7.33. The van der Waals surface area contributed by atoms with Gasteiger partial charge in [0.15, 0.2) is 0 Å². The lowest BCUT2D eigenvalue weighted by Gasteiger charge is -2.47. The molecule has 1 aromatic rings. The van der Waals surface area contributed by atoms with Gasteiger partial charge in [-0.05, 0) is 63.6 Å². The molecule has 2 saturated heterocycles. The van der Waals surface area contributed by atoms with E-state index in [1.54, 1.807) is 0 Å². The van der Waals surface area contributed by atoms with Gasteiger partial charge in [-0.1, -0.05) is 43.2 Å². The first-order valence-electron chi connectivity index (χ1n) is 10.8. The number of urea groups is 1. The minimum Gasteiger partial charge on any atom is -0.324 e. The third-order valence-corrected chi connectivity index (χ3v) is 7.33. The van der Waals surface area contributed by atoms with Gasteiger partial charge in [-0.15, -0.1) is 0 Å². The van der Waals surface area contributed by atoms with Crippen molar-refractivity contribution in [3.05, 3.63) is 35.9 Å². The van der Waals surface area contributed by atoms with Crippen LogP contribution in [0.25, 0.3) is 0 Å². The van der Waals surface area contributed by atoms with Gasteiger partial charge >= 0.3 is 6.03 Å². The highest BCUT2D eigenvalue weighted by molar-refractivity contribution is 5.75. The summed E-state index contributed by atoms with van der Waals surface area (Å²) in [6, 6.07) is 11.7. The molecule has 0 radical (unpaired) electrons. The molecule has 0 bridgehead atoms. The maximum absolute atomic E-state index is 13.6. The highest BCUT2D eigenvalue weighted by Gasteiger charge is 2.42. The van der Waals surface area contributed by atoms with Crippen molar-refractivity contribution in [2.24, 2.45) is 5.41 Å². The number of carbonyl (C=O) groups excluding carboxylic acids is 1. The quantitative estimate of drug-likeness (QED) is 0.766. The fourth-order valence-electron chi connectivity index (χ4n) is 5.72. The van der Waals surface area contributed by atoms with Crippen LogP contribution in [-0.2, 0) is 0 Å². The summed E-state index contributed by atoms with van der Waals surface area (Å²) in [7, 11) is 4.33. The summed E-state index contributed by atoms with van der Waals surface area (Å²) < 4.78 is 0. The predicted molar refractivity (Wildman–Crippen MR) is 110 cm³/mol. The highest BCUT2D eigenvalue weighted by atomic mass is 16.2. The van der Waals surface area contributed by atoms with Crippen LogP contribution in [0.15, 0.2) is 30.3 Å². The van der Waals surface area contributed by atoms with Crippen molar-refractivity contribution in [3.8, 4) is 0 Å². The zero-order valence-corrected chi connectivity index (χ0v) is 17.1. The van der Waals surface area contributed by atoms with E-state index in [0.29, 0.717) is 11.5 Å². The van der Waals surface area contributed by atoms with E-state index in [-0.39, 0.29) is 12.1 Å².